The summed E-state index contributed by atoms with van der Waals surface area (Å²) in [6.07, 6.45) is 5.76. The predicted octanol–water partition coefficient (Wildman–Crippen LogP) is 1.41. The van der Waals surface area contributed by atoms with Crippen LogP contribution in [0.5, 0.6) is 0 Å². The van der Waals surface area contributed by atoms with Crippen LogP contribution in [0.3, 0.4) is 0 Å². The average molecular weight is 225 g/mol. The maximum Gasteiger partial charge on any atom is 0.309 e. The van der Waals surface area contributed by atoms with Crippen molar-refractivity contribution in [1.82, 2.24) is 5.32 Å². The highest BCUT2D eigenvalue weighted by Gasteiger charge is 2.15. The van der Waals surface area contributed by atoms with Gasteiger partial charge in [-0.05, 0) is 19.8 Å². The Morgan fingerprint density at radius 3 is 2.81 bits per heavy atom. The molecule has 0 spiro atoms. The molecule has 0 aromatic heterocycles. The zero-order chi connectivity index (χ0) is 12.0. The molecule has 0 fully saturated rings. The van der Waals surface area contributed by atoms with E-state index in [0.29, 0.717) is 12.8 Å². The topological polar surface area (TPSA) is 55.4 Å². The van der Waals surface area contributed by atoms with Crippen LogP contribution in [-0.4, -0.2) is 24.5 Å². The summed E-state index contributed by atoms with van der Waals surface area (Å²) in [4.78, 5) is 22.9. The third-order valence-corrected chi connectivity index (χ3v) is 2.48. The molecule has 0 aliphatic carbocycles. The lowest BCUT2D eigenvalue weighted by atomic mass is 10.1. The van der Waals surface area contributed by atoms with Crippen LogP contribution in [0, 0.1) is 5.92 Å². The van der Waals surface area contributed by atoms with E-state index in [9.17, 15) is 9.59 Å². The second-order valence-electron chi connectivity index (χ2n) is 4.25. The normalized spacial score (nSPS) is 30.6. The lowest BCUT2D eigenvalue weighted by molar-refractivity contribution is -0.149. The Hall–Kier alpha value is -1.32. The Labute approximate surface area is 96.0 Å². The maximum absolute atomic E-state index is 11.5. The second-order valence-corrected chi connectivity index (χ2v) is 4.25. The highest BCUT2D eigenvalue weighted by atomic mass is 16.5. The minimum absolute atomic E-state index is 0.00169. The summed E-state index contributed by atoms with van der Waals surface area (Å²) < 4.78 is 5.10. The number of amides is 1. The number of nitrogens with one attached hydrogen (secondary N) is 1. The summed E-state index contributed by atoms with van der Waals surface area (Å²) in [5, 5.41) is 2.78. The first-order valence-electron chi connectivity index (χ1n) is 5.70. The second kappa shape index (κ2) is 6.30. The van der Waals surface area contributed by atoms with Gasteiger partial charge in [-0.25, -0.2) is 0 Å². The van der Waals surface area contributed by atoms with E-state index in [4.69, 9.17) is 4.74 Å². The number of esters is 1. The Kier molecular flexibility index (Phi) is 5.02. The molecule has 1 N–H and O–H groups in total. The molecule has 1 heterocycles. The molecule has 4 heteroatoms. The summed E-state index contributed by atoms with van der Waals surface area (Å²) >= 11 is 0. The van der Waals surface area contributed by atoms with Crippen molar-refractivity contribution in [2.24, 2.45) is 5.92 Å². The van der Waals surface area contributed by atoms with Crippen molar-refractivity contribution in [3.05, 3.63) is 12.2 Å². The van der Waals surface area contributed by atoms with Crippen molar-refractivity contribution >= 4 is 11.9 Å². The number of carbonyl (C=O) groups is 2. The van der Waals surface area contributed by atoms with Crippen LogP contribution in [-0.2, 0) is 14.3 Å². The van der Waals surface area contributed by atoms with Crippen LogP contribution in [0.25, 0.3) is 0 Å². The van der Waals surface area contributed by atoms with Gasteiger partial charge in [0.15, 0.2) is 0 Å². The molecule has 0 saturated heterocycles. The van der Waals surface area contributed by atoms with Gasteiger partial charge in [0.2, 0.25) is 5.91 Å². The number of ether oxygens (including phenoxy) is 1. The van der Waals surface area contributed by atoms with E-state index in [1.54, 1.807) is 0 Å². The van der Waals surface area contributed by atoms with Gasteiger partial charge < -0.3 is 10.1 Å². The molecule has 0 aromatic rings. The number of allylic oxidation sites excluding steroid dienone is 2. The molecule has 1 amide bonds. The number of cyclic esters (lactones) is 1. The minimum atomic E-state index is -0.202. The summed E-state index contributed by atoms with van der Waals surface area (Å²) in [6, 6.07) is -0.118. The summed E-state index contributed by atoms with van der Waals surface area (Å²) in [5.74, 6) is -0.313. The van der Waals surface area contributed by atoms with Crippen molar-refractivity contribution in [3.63, 3.8) is 0 Å². The van der Waals surface area contributed by atoms with E-state index in [-0.39, 0.29) is 30.4 Å². The fourth-order valence-electron chi connectivity index (χ4n) is 1.47. The van der Waals surface area contributed by atoms with E-state index < -0.39 is 0 Å². The lowest BCUT2D eigenvalue weighted by Gasteiger charge is -2.16. The van der Waals surface area contributed by atoms with E-state index >= 15 is 0 Å². The molecular weight excluding hydrogens is 206 g/mol. The number of hydrogen-bond donors (Lipinski definition) is 1. The SMILES string of the molecule is C[C@@H]1C/C=C/CCC(=O)N[C@@H](C)COC1=O. The lowest BCUT2D eigenvalue weighted by Crippen LogP contribution is -2.37. The molecule has 90 valence electrons. The van der Waals surface area contributed by atoms with Crippen LogP contribution in [0.1, 0.15) is 33.1 Å². The van der Waals surface area contributed by atoms with Crippen molar-refractivity contribution < 1.29 is 14.3 Å². The van der Waals surface area contributed by atoms with Crippen molar-refractivity contribution in [3.8, 4) is 0 Å². The van der Waals surface area contributed by atoms with Gasteiger partial charge in [0.1, 0.15) is 6.61 Å². The molecular formula is C12H19NO3. The minimum Gasteiger partial charge on any atom is -0.463 e. The van der Waals surface area contributed by atoms with Crippen LogP contribution in [0.4, 0.5) is 0 Å². The zero-order valence-corrected chi connectivity index (χ0v) is 9.86. The third-order valence-electron chi connectivity index (χ3n) is 2.48. The quantitative estimate of drug-likeness (QED) is 0.501. The van der Waals surface area contributed by atoms with Crippen molar-refractivity contribution in [2.75, 3.05) is 6.61 Å². The molecule has 1 aliphatic rings. The average Bonchev–Trinajstić information content (AvgIpc) is 2.23. The highest BCUT2D eigenvalue weighted by Crippen LogP contribution is 2.07. The van der Waals surface area contributed by atoms with Crippen LogP contribution in [0.2, 0.25) is 0 Å². The fourth-order valence-corrected chi connectivity index (χ4v) is 1.47. The van der Waals surface area contributed by atoms with Crippen molar-refractivity contribution in [1.29, 1.82) is 0 Å². The maximum atomic E-state index is 11.5. The Balaban J connectivity index is 2.58. The molecule has 1 aliphatic heterocycles. The predicted molar refractivity (Wildman–Crippen MR) is 60.7 cm³/mol. The van der Waals surface area contributed by atoms with Gasteiger partial charge >= 0.3 is 5.97 Å². The van der Waals surface area contributed by atoms with E-state index in [2.05, 4.69) is 5.32 Å². The van der Waals surface area contributed by atoms with Crippen LogP contribution >= 0.6 is 0 Å². The fraction of sp³-hybridized carbons (Fsp3) is 0.667. The summed E-state index contributed by atoms with van der Waals surface area (Å²) in [7, 11) is 0. The smallest absolute Gasteiger partial charge is 0.309 e. The largest absolute Gasteiger partial charge is 0.463 e. The molecule has 2 atom stereocenters. The molecule has 0 radical (unpaired) electrons. The first-order chi connectivity index (χ1) is 7.59. The van der Waals surface area contributed by atoms with Crippen LogP contribution < -0.4 is 5.32 Å². The number of rotatable bonds is 0. The van der Waals surface area contributed by atoms with Gasteiger partial charge in [0.25, 0.3) is 0 Å². The standard InChI is InChI=1S/C12H19NO3/c1-9-6-4-3-5-7-11(14)13-10(2)8-16-12(9)15/h3-4,9-10H,5-8H2,1-2H3,(H,13,14)/b4-3+/t9-,10+/m1/s1. The van der Waals surface area contributed by atoms with E-state index in [1.807, 2.05) is 26.0 Å². The number of hydrogen-bond acceptors (Lipinski definition) is 3. The molecule has 1 rings (SSSR count). The van der Waals surface area contributed by atoms with Gasteiger partial charge in [0.05, 0.1) is 12.0 Å². The Morgan fingerprint density at radius 2 is 2.06 bits per heavy atom. The Bertz CT molecular complexity index is 286. The van der Waals surface area contributed by atoms with Gasteiger partial charge in [-0.3, -0.25) is 9.59 Å². The first-order valence-corrected chi connectivity index (χ1v) is 5.70. The van der Waals surface area contributed by atoms with E-state index in [1.165, 1.54) is 0 Å². The first kappa shape index (κ1) is 12.7. The molecule has 16 heavy (non-hydrogen) atoms. The van der Waals surface area contributed by atoms with Gasteiger partial charge in [0, 0.05) is 6.42 Å². The molecule has 0 bridgehead atoms. The molecule has 0 aromatic carbocycles. The third kappa shape index (κ3) is 4.47. The monoisotopic (exact) mass is 225 g/mol. The number of carbonyl (C=O) groups excluding carboxylic acids is 2. The Morgan fingerprint density at radius 1 is 1.31 bits per heavy atom. The van der Waals surface area contributed by atoms with Crippen molar-refractivity contribution in [2.45, 2.75) is 39.2 Å². The molecule has 0 unspecified atom stereocenters. The van der Waals surface area contributed by atoms with E-state index in [0.717, 1.165) is 6.42 Å². The van der Waals surface area contributed by atoms with Crippen LogP contribution in [0.15, 0.2) is 12.2 Å². The van der Waals surface area contributed by atoms with Gasteiger partial charge in [-0.1, -0.05) is 19.1 Å². The molecule has 4 nitrogen and oxygen atoms in total. The zero-order valence-electron chi connectivity index (χ0n) is 9.86. The molecule has 0 saturated carbocycles. The summed E-state index contributed by atoms with van der Waals surface area (Å²) in [6.45, 7) is 3.93. The van der Waals surface area contributed by atoms with Gasteiger partial charge in [-0.15, -0.1) is 0 Å². The van der Waals surface area contributed by atoms with Gasteiger partial charge in [-0.2, -0.15) is 0 Å². The summed E-state index contributed by atoms with van der Waals surface area (Å²) in [5.41, 5.74) is 0. The highest BCUT2D eigenvalue weighted by molar-refractivity contribution is 5.76.